The Kier molecular flexibility index (Phi) is 3.74. The molecule has 0 radical (unpaired) electrons. The van der Waals surface area contributed by atoms with E-state index in [2.05, 4.69) is 26.9 Å². The largest absolute Gasteiger partial charge is 0.347 e. The fourth-order valence-corrected chi connectivity index (χ4v) is 2.72. The number of likely N-dealkylation sites (N-methyl/N-ethyl adjacent to an activating group) is 1. The van der Waals surface area contributed by atoms with E-state index in [4.69, 9.17) is 0 Å². The van der Waals surface area contributed by atoms with Gasteiger partial charge >= 0.3 is 0 Å². The number of aryl methyl sites for hydroxylation is 1. The van der Waals surface area contributed by atoms with Crippen molar-refractivity contribution in [2.24, 2.45) is 0 Å². The molecule has 1 saturated heterocycles. The van der Waals surface area contributed by atoms with Crippen LogP contribution in [-0.2, 0) is 6.54 Å². The lowest BCUT2D eigenvalue weighted by atomic mass is 10.1. The summed E-state index contributed by atoms with van der Waals surface area (Å²) in [5.41, 5.74) is 0. The SMILES string of the molecule is CCn1ccnc1C(=O)N1CCN(C)C(c2ncc[nH]2)C1. The van der Waals surface area contributed by atoms with Gasteiger partial charge in [-0.25, -0.2) is 9.97 Å². The van der Waals surface area contributed by atoms with Crippen LogP contribution in [0, 0.1) is 0 Å². The van der Waals surface area contributed by atoms with Crippen molar-refractivity contribution in [2.75, 3.05) is 26.7 Å². The van der Waals surface area contributed by atoms with E-state index in [0.717, 1.165) is 18.9 Å². The maximum atomic E-state index is 12.7. The highest BCUT2D eigenvalue weighted by molar-refractivity contribution is 5.91. The van der Waals surface area contributed by atoms with Crippen LogP contribution >= 0.6 is 0 Å². The summed E-state index contributed by atoms with van der Waals surface area (Å²) in [6.45, 7) is 4.91. The number of rotatable bonds is 3. The molecule has 2 aromatic rings. The van der Waals surface area contributed by atoms with Gasteiger partial charge in [-0.05, 0) is 14.0 Å². The number of nitrogens with zero attached hydrogens (tertiary/aromatic N) is 5. The molecule has 1 amide bonds. The number of aromatic amines is 1. The molecule has 7 heteroatoms. The second kappa shape index (κ2) is 5.69. The lowest BCUT2D eigenvalue weighted by Crippen LogP contribution is -2.49. The molecule has 112 valence electrons. The predicted octanol–water partition coefficient (Wildman–Crippen LogP) is 0.755. The van der Waals surface area contributed by atoms with Crippen LogP contribution in [0.25, 0.3) is 0 Å². The average molecular weight is 288 g/mol. The van der Waals surface area contributed by atoms with E-state index < -0.39 is 0 Å². The van der Waals surface area contributed by atoms with Crippen LogP contribution in [0.2, 0.25) is 0 Å². The Hall–Kier alpha value is -2.15. The summed E-state index contributed by atoms with van der Waals surface area (Å²) >= 11 is 0. The molecule has 1 unspecified atom stereocenters. The molecule has 1 N–H and O–H groups in total. The lowest BCUT2D eigenvalue weighted by Gasteiger charge is -2.38. The first kappa shape index (κ1) is 13.8. The second-order valence-electron chi connectivity index (χ2n) is 5.26. The fourth-order valence-electron chi connectivity index (χ4n) is 2.72. The molecular formula is C14H20N6O. The number of nitrogens with one attached hydrogen (secondary N) is 1. The van der Waals surface area contributed by atoms with Crippen molar-refractivity contribution in [3.05, 3.63) is 36.4 Å². The summed E-state index contributed by atoms with van der Waals surface area (Å²) in [6.07, 6.45) is 7.07. The molecule has 0 aliphatic carbocycles. The minimum absolute atomic E-state index is 0.00786. The van der Waals surface area contributed by atoms with Gasteiger partial charge < -0.3 is 14.5 Å². The molecule has 0 bridgehead atoms. The Morgan fingerprint density at radius 2 is 2.24 bits per heavy atom. The number of piperazine rings is 1. The number of imidazole rings is 2. The quantitative estimate of drug-likeness (QED) is 0.905. The van der Waals surface area contributed by atoms with Crippen molar-refractivity contribution in [3.8, 4) is 0 Å². The van der Waals surface area contributed by atoms with Gasteiger partial charge in [0, 0.05) is 51.0 Å². The van der Waals surface area contributed by atoms with Gasteiger partial charge in [-0.15, -0.1) is 0 Å². The van der Waals surface area contributed by atoms with Gasteiger partial charge in [0.25, 0.3) is 5.91 Å². The highest BCUT2D eigenvalue weighted by Gasteiger charge is 2.31. The van der Waals surface area contributed by atoms with Crippen LogP contribution in [0.1, 0.15) is 29.4 Å². The van der Waals surface area contributed by atoms with E-state index >= 15 is 0 Å². The summed E-state index contributed by atoms with van der Waals surface area (Å²) in [5, 5.41) is 0. The monoisotopic (exact) mass is 288 g/mol. The smallest absolute Gasteiger partial charge is 0.289 e. The van der Waals surface area contributed by atoms with E-state index in [1.807, 2.05) is 28.8 Å². The molecule has 3 rings (SSSR count). The maximum absolute atomic E-state index is 12.7. The highest BCUT2D eigenvalue weighted by Crippen LogP contribution is 2.22. The first-order valence-electron chi connectivity index (χ1n) is 7.20. The topological polar surface area (TPSA) is 70.1 Å². The molecule has 1 atom stereocenters. The molecule has 3 heterocycles. The van der Waals surface area contributed by atoms with E-state index in [-0.39, 0.29) is 11.9 Å². The van der Waals surface area contributed by atoms with Crippen molar-refractivity contribution in [2.45, 2.75) is 19.5 Å². The number of carbonyl (C=O) groups is 1. The molecule has 0 spiro atoms. The first-order valence-corrected chi connectivity index (χ1v) is 7.20. The molecule has 2 aromatic heterocycles. The van der Waals surface area contributed by atoms with Crippen molar-refractivity contribution >= 4 is 5.91 Å². The van der Waals surface area contributed by atoms with E-state index in [0.29, 0.717) is 18.9 Å². The van der Waals surface area contributed by atoms with Crippen LogP contribution in [0.4, 0.5) is 0 Å². The number of hydrogen-bond donors (Lipinski definition) is 1. The van der Waals surface area contributed by atoms with E-state index in [9.17, 15) is 4.79 Å². The van der Waals surface area contributed by atoms with Gasteiger partial charge in [0.05, 0.1) is 6.04 Å². The van der Waals surface area contributed by atoms with Crippen LogP contribution in [0.15, 0.2) is 24.8 Å². The zero-order valence-corrected chi connectivity index (χ0v) is 12.4. The minimum Gasteiger partial charge on any atom is -0.347 e. The van der Waals surface area contributed by atoms with E-state index in [1.165, 1.54) is 0 Å². The normalized spacial score (nSPS) is 19.9. The second-order valence-corrected chi connectivity index (χ2v) is 5.26. The summed E-state index contributed by atoms with van der Waals surface area (Å²) in [6, 6.07) is 0.0998. The lowest BCUT2D eigenvalue weighted by molar-refractivity contribution is 0.0519. The number of carbonyl (C=O) groups excluding carboxylic acids is 1. The van der Waals surface area contributed by atoms with Crippen LogP contribution in [-0.4, -0.2) is 61.9 Å². The predicted molar refractivity (Wildman–Crippen MR) is 77.8 cm³/mol. The average Bonchev–Trinajstić information content (AvgIpc) is 3.18. The molecule has 1 aliphatic rings. The third-order valence-electron chi connectivity index (χ3n) is 4.02. The molecule has 7 nitrogen and oxygen atoms in total. The maximum Gasteiger partial charge on any atom is 0.289 e. The number of H-pyrrole nitrogens is 1. The van der Waals surface area contributed by atoms with Crippen molar-refractivity contribution in [1.82, 2.24) is 29.3 Å². The number of amides is 1. The molecule has 1 fully saturated rings. The Morgan fingerprint density at radius 1 is 1.38 bits per heavy atom. The molecule has 0 aromatic carbocycles. The first-order chi connectivity index (χ1) is 10.2. The Bertz CT molecular complexity index is 605. The molecule has 1 aliphatic heterocycles. The number of hydrogen-bond acceptors (Lipinski definition) is 4. The Balaban J connectivity index is 1.79. The van der Waals surface area contributed by atoms with Crippen molar-refractivity contribution in [3.63, 3.8) is 0 Å². The summed E-state index contributed by atoms with van der Waals surface area (Å²) in [4.78, 5) is 28.4. The fraction of sp³-hybridized carbons (Fsp3) is 0.500. The molecule has 21 heavy (non-hydrogen) atoms. The third-order valence-corrected chi connectivity index (χ3v) is 4.02. The third kappa shape index (κ3) is 2.56. The summed E-state index contributed by atoms with van der Waals surface area (Å²) < 4.78 is 1.88. The van der Waals surface area contributed by atoms with Gasteiger partial charge in [0.15, 0.2) is 5.82 Å². The summed E-state index contributed by atoms with van der Waals surface area (Å²) in [7, 11) is 2.06. The highest BCUT2D eigenvalue weighted by atomic mass is 16.2. The Morgan fingerprint density at radius 3 is 2.95 bits per heavy atom. The zero-order valence-electron chi connectivity index (χ0n) is 12.4. The Labute approximate surface area is 123 Å². The van der Waals surface area contributed by atoms with Crippen LogP contribution in [0.3, 0.4) is 0 Å². The number of aromatic nitrogens is 4. The van der Waals surface area contributed by atoms with Crippen LogP contribution < -0.4 is 0 Å². The van der Waals surface area contributed by atoms with Crippen molar-refractivity contribution < 1.29 is 4.79 Å². The summed E-state index contributed by atoms with van der Waals surface area (Å²) in [5.74, 6) is 1.40. The van der Waals surface area contributed by atoms with Gasteiger partial charge in [0.1, 0.15) is 5.82 Å². The van der Waals surface area contributed by atoms with Gasteiger partial charge in [0.2, 0.25) is 0 Å². The minimum atomic E-state index is -0.00786. The zero-order chi connectivity index (χ0) is 14.8. The molecular weight excluding hydrogens is 268 g/mol. The van der Waals surface area contributed by atoms with Gasteiger partial charge in [-0.3, -0.25) is 9.69 Å². The van der Waals surface area contributed by atoms with Crippen LogP contribution in [0.5, 0.6) is 0 Å². The van der Waals surface area contributed by atoms with Gasteiger partial charge in [-0.1, -0.05) is 0 Å². The van der Waals surface area contributed by atoms with E-state index in [1.54, 1.807) is 12.4 Å². The standard InChI is InChI=1S/C14H20N6O/c1-3-19-7-6-17-13(19)14(21)20-9-8-18(2)11(10-20)12-15-4-5-16-12/h4-7,11H,3,8-10H2,1-2H3,(H,15,16). The van der Waals surface area contributed by atoms with Gasteiger partial charge in [-0.2, -0.15) is 0 Å². The molecule has 0 saturated carbocycles. The van der Waals surface area contributed by atoms with Crippen molar-refractivity contribution in [1.29, 1.82) is 0 Å².